The summed E-state index contributed by atoms with van der Waals surface area (Å²) in [5.41, 5.74) is 2.51. The molecule has 0 radical (unpaired) electrons. The minimum atomic E-state index is -0.433. The van der Waals surface area contributed by atoms with Crippen molar-refractivity contribution in [1.29, 1.82) is 0 Å². The monoisotopic (exact) mass is 303 g/mol. The Balaban J connectivity index is 1.95. The molecule has 0 saturated carbocycles. The van der Waals surface area contributed by atoms with Gasteiger partial charge in [-0.2, -0.15) is 0 Å². The molecule has 3 heteroatoms. The molecule has 1 unspecified atom stereocenters. The molecule has 0 bridgehead atoms. The average Bonchev–Trinajstić information content (AvgIpc) is 2.59. The van der Waals surface area contributed by atoms with Gasteiger partial charge in [0.05, 0.1) is 5.92 Å². The lowest BCUT2D eigenvalue weighted by atomic mass is 9.90. The number of hydrogen-bond donors (Lipinski definition) is 2. The molecule has 0 heterocycles. The lowest BCUT2D eigenvalue weighted by Gasteiger charge is -2.18. The van der Waals surface area contributed by atoms with Crippen LogP contribution in [0.25, 0.3) is 0 Å². The first-order valence-corrected chi connectivity index (χ1v) is 7.44. The third-order valence-electron chi connectivity index (χ3n) is 3.66. The Bertz CT molecular complexity index is 768. The van der Waals surface area contributed by atoms with E-state index in [1.54, 1.807) is 24.3 Å². The summed E-state index contributed by atoms with van der Waals surface area (Å²) < 4.78 is 0. The molecular weight excluding hydrogens is 286 g/mol. The molecule has 1 atom stereocenters. The maximum Gasteiger partial charge on any atom is 0.236 e. The van der Waals surface area contributed by atoms with E-state index >= 15 is 0 Å². The number of phenols is 1. The molecule has 0 aliphatic carbocycles. The van der Waals surface area contributed by atoms with Crippen molar-refractivity contribution in [2.75, 3.05) is 5.32 Å². The van der Waals surface area contributed by atoms with Crippen LogP contribution in [0.4, 0.5) is 5.69 Å². The second-order valence-corrected chi connectivity index (χ2v) is 5.29. The quantitative estimate of drug-likeness (QED) is 0.760. The predicted molar refractivity (Wildman–Crippen MR) is 91.5 cm³/mol. The molecule has 114 valence electrons. The van der Waals surface area contributed by atoms with E-state index in [0.29, 0.717) is 0 Å². The first-order valence-electron chi connectivity index (χ1n) is 7.44. The number of nitrogens with one attached hydrogen (secondary N) is 1. The number of amides is 1. The van der Waals surface area contributed by atoms with Crippen LogP contribution in [0.1, 0.15) is 17.0 Å². The van der Waals surface area contributed by atoms with E-state index in [-0.39, 0.29) is 11.7 Å². The van der Waals surface area contributed by atoms with Crippen molar-refractivity contribution in [2.45, 2.75) is 5.92 Å². The zero-order chi connectivity index (χ0) is 16.1. The zero-order valence-corrected chi connectivity index (χ0v) is 12.5. The minimum absolute atomic E-state index is 0.104. The van der Waals surface area contributed by atoms with Crippen LogP contribution in [0, 0.1) is 0 Å². The molecular formula is C20H17NO2. The molecule has 0 fully saturated rings. The highest BCUT2D eigenvalue weighted by Gasteiger charge is 2.22. The van der Waals surface area contributed by atoms with Crippen molar-refractivity contribution in [3.05, 3.63) is 96.1 Å². The highest BCUT2D eigenvalue weighted by atomic mass is 16.3. The van der Waals surface area contributed by atoms with Crippen LogP contribution in [0.3, 0.4) is 0 Å². The molecule has 3 aromatic rings. The van der Waals surface area contributed by atoms with E-state index in [1.165, 1.54) is 0 Å². The minimum Gasteiger partial charge on any atom is -0.508 e. The maximum atomic E-state index is 12.8. The third kappa shape index (κ3) is 3.58. The molecule has 1 amide bonds. The van der Waals surface area contributed by atoms with Crippen molar-refractivity contribution in [3.8, 4) is 5.75 Å². The molecule has 0 aliphatic heterocycles. The molecule has 3 rings (SSSR count). The summed E-state index contributed by atoms with van der Waals surface area (Å²) in [6, 6.07) is 25.8. The van der Waals surface area contributed by atoms with Gasteiger partial charge in [0.1, 0.15) is 5.75 Å². The summed E-state index contributed by atoms with van der Waals surface area (Å²) in [7, 11) is 0. The smallest absolute Gasteiger partial charge is 0.236 e. The van der Waals surface area contributed by atoms with E-state index in [0.717, 1.165) is 16.8 Å². The fourth-order valence-corrected chi connectivity index (χ4v) is 2.54. The number of hydrogen-bond acceptors (Lipinski definition) is 2. The van der Waals surface area contributed by atoms with Crippen molar-refractivity contribution >= 4 is 11.6 Å². The average molecular weight is 303 g/mol. The molecule has 0 saturated heterocycles. The van der Waals surface area contributed by atoms with Gasteiger partial charge in [-0.15, -0.1) is 0 Å². The first kappa shape index (κ1) is 14.9. The first-order chi connectivity index (χ1) is 11.2. The maximum absolute atomic E-state index is 12.8. The van der Waals surface area contributed by atoms with E-state index in [9.17, 15) is 9.90 Å². The molecule has 2 N–H and O–H groups in total. The highest BCUT2D eigenvalue weighted by Crippen LogP contribution is 2.27. The van der Waals surface area contributed by atoms with Gasteiger partial charge in [0.25, 0.3) is 0 Å². The predicted octanol–water partition coefficient (Wildman–Crippen LogP) is 4.16. The van der Waals surface area contributed by atoms with E-state index in [2.05, 4.69) is 5.32 Å². The molecule has 0 spiro atoms. The SMILES string of the molecule is O=C(Nc1ccccc1)C(c1ccccc1)c1ccc(O)cc1. The van der Waals surface area contributed by atoms with Gasteiger partial charge in [-0.1, -0.05) is 60.7 Å². The van der Waals surface area contributed by atoms with Crippen molar-refractivity contribution in [3.63, 3.8) is 0 Å². The summed E-state index contributed by atoms with van der Waals surface area (Å²) in [5, 5.41) is 12.4. The second-order valence-electron chi connectivity index (χ2n) is 5.29. The lowest BCUT2D eigenvalue weighted by Crippen LogP contribution is -2.22. The summed E-state index contributed by atoms with van der Waals surface area (Å²) in [5.74, 6) is -0.353. The van der Waals surface area contributed by atoms with Gasteiger partial charge >= 0.3 is 0 Å². The van der Waals surface area contributed by atoms with Gasteiger partial charge < -0.3 is 10.4 Å². The second kappa shape index (κ2) is 6.79. The van der Waals surface area contributed by atoms with E-state index < -0.39 is 5.92 Å². The Morgan fingerprint density at radius 3 is 1.87 bits per heavy atom. The van der Waals surface area contributed by atoms with Crippen LogP contribution in [-0.2, 0) is 4.79 Å². The van der Waals surface area contributed by atoms with E-state index in [4.69, 9.17) is 0 Å². The molecule has 3 aromatic carbocycles. The molecule has 3 nitrogen and oxygen atoms in total. The number of rotatable bonds is 4. The van der Waals surface area contributed by atoms with Crippen molar-refractivity contribution < 1.29 is 9.90 Å². The fourth-order valence-electron chi connectivity index (χ4n) is 2.54. The van der Waals surface area contributed by atoms with Crippen LogP contribution >= 0.6 is 0 Å². The molecule has 0 aliphatic rings. The topological polar surface area (TPSA) is 49.3 Å². The van der Waals surface area contributed by atoms with Gasteiger partial charge in [-0.25, -0.2) is 0 Å². The summed E-state index contributed by atoms with van der Waals surface area (Å²) >= 11 is 0. The van der Waals surface area contributed by atoms with Crippen molar-refractivity contribution in [2.24, 2.45) is 0 Å². The Kier molecular flexibility index (Phi) is 4.39. The van der Waals surface area contributed by atoms with Crippen LogP contribution in [0.2, 0.25) is 0 Å². The summed E-state index contributed by atoms with van der Waals surface area (Å²) in [4.78, 5) is 12.8. The number of aromatic hydroxyl groups is 1. The Labute approximate surface area is 135 Å². The van der Waals surface area contributed by atoms with Gasteiger partial charge in [-0.3, -0.25) is 4.79 Å². The van der Waals surface area contributed by atoms with Crippen molar-refractivity contribution in [1.82, 2.24) is 0 Å². The number of para-hydroxylation sites is 1. The Morgan fingerprint density at radius 2 is 1.26 bits per heavy atom. The van der Waals surface area contributed by atoms with Crippen LogP contribution in [0.5, 0.6) is 5.75 Å². The molecule has 0 aromatic heterocycles. The van der Waals surface area contributed by atoms with Crippen LogP contribution < -0.4 is 5.32 Å². The number of carbonyl (C=O) groups excluding carboxylic acids is 1. The lowest BCUT2D eigenvalue weighted by molar-refractivity contribution is -0.116. The van der Waals surface area contributed by atoms with Gasteiger partial charge in [0.2, 0.25) is 5.91 Å². The molecule has 23 heavy (non-hydrogen) atoms. The summed E-state index contributed by atoms with van der Waals surface area (Å²) in [6.45, 7) is 0. The number of anilines is 1. The van der Waals surface area contributed by atoms with Crippen LogP contribution in [0.15, 0.2) is 84.9 Å². The van der Waals surface area contributed by atoms with Gasteiger partial charge in [0, 0.05) is 5.69 Å². The van der Waals surface area contributed by atoms with Crippen LogP contribution in [-0.4, -0.2) is 11.0 Å². The number of benzene rings is 3. The zero-order valence-electron chi connectivity index (χ0n) is 12.5. The number of phenolic OH excluding ortho intramolecular Hbond substituents is 1. The fraction of sp³-hybridized carbons (Fsp3) is 0.0500. The largest absolute Gasteiger partial charge is 0.508 e. The highest BCUT2D eigenvalue weighted by molar-refractivity contribution is 5.98. The third-order valence-corrected chi connectivity index (χ3v) is 3.66. The van der Waals surface area contributed by atoms with Gasteiger partial charge in [0.15, 0.2) is 0 Å². The number of carbonyl (C=O) groups is 1. The van der Waals surface area contributed by atoms with E-state index in [1.807, 2.05) is 60.7 Å². The Morgan fingerprint density at radius 1 is 0.739 bits per heavy atom. The normalized spacial score (nSPS) is 11.7. The van der Waals surface area contributed by atoms with Gasteiger partial charge in [-0.05, 0) is 35.4 Å². The Hall–Kier alpha value is -3.07. The summed E-state index contributed by atoms with van der Waals surface area (Å²) in [6.07, 6.45) is 0. The standard InChI is InChI=1S/C20H17NO2/c22-18-13-11-16(12-14-18)19(15-7-3-1-4-8-15)20(23)21-17-9-5-2-6-10-17/h1-14,19,22H,(H,21,23).